The van der Waals surface area contributed by atoms with Crippen molar-refractivity contribution in [1.29, 1.82) is 0 Å². The minimum absolute atomic E-state index is 0.491. The summed E-state index contributed by atoms with van der Waals surface area (Å²) in [7, 11) is 0. The average molecular weight is 846 g/mol. The fourth-order valence-electron chi connectivity index (χ4n) is 10.8. The third-order valence-electron chi connectivity index (χ3n) is 13.6. The lowest BCUT2D eigenvalue weighted by Gasteiger charge is -2.40. The summed E-state index contributed by atoms with van der Waals surface area (Å²) < 4.78 is 6.55. The van der Waals surface area contributed by atoms with Crippen LogP contribution in [-0.2, 0) is 5.41 Å². The topological polar surface area (TPSA) is 51.8 Å². The van der Waals surface area contributed by atoms with Gasteiger partial charge >= 0.3 is 0 Å². The summed E-state index contributed by atoms with van der Waals surface area (Å²) in [5, 5.41) is 5.59. The predicted octanol–water partition coefficient (Wildman–Crippen LogP) is 15.6. The third-order valence-corrected chi connectivity index (χ3v) is 14.8. The molecule has 0 saturated carbocycles. The van der Waals surface area contributed by atoms with Gasteiger partial charge in [-0.05, 0) is 63.7 Å². The molecule has 12 aromatic rings. The maximum Gasteiger partial charge on any atom is 0.160 e. The molecule has 3 aromatic heterocycles. The second-order valence-electron chi connectivity index (χ2n) is 17.0. The van der Waals surface area contributed by atoms with Gasteiger partial charge in [-0.25, -0.2) is 15.0 Å². The van der Waals surface area contributed by atoms with Crippen molar-refractivity contribution >= 4 is 55.4 Å². The highest BCUT2D eigenvalue weighted by Gasteiger charge is 2.50. The van der Waals surface area contributed by atoms with E-state index in [4.69, 9.17) is 19.4 Å². The number of rotatable bonds is 4. The van der Waals surface area contributed by atoms with Gasteiger partial charge in [0.25, 0.3) is 0 Å². The van der Waals surface area contributed by atoms with Crippen LogP contribution in [0.3, 0.4) is 0 Å². The highest BCUT2D eigenvalue weighted by atomic mass is 32.2. The first-order chi connectivity index (χ1) is 32.2. The van der Waals surface area contributed by atoms with Crippen molar-refractivity contribution in [2.75, 3.05) is 0 Å². The summed E-state index contributed by atoms with van der Waals surface area (Å²) in [5.41, 5.74) is 16.4. The zero-order valence-electron chi connectivity index (χ0n) is 34.9. The minimum atomic E-state index is -0.491. The SMILES string of the molecule is c1ccc(-c2nc(-c3ccc4c(c3)nc(-c3ccccc3)c3ccc5c(c34)Sc3ccccc3C53c4ccccc4-c4ccccc43)cc(-c3cccc4c3oc3ccccc34)n2)cc1. The van der Waals surface area contributed by atoms with E-state index in [9.17, 15) is 0 Å². The number of hydrogen-bond donors (Lipinski definition) is 0. The van der Waals surface area contributed by atoms with Crippen LogP contribution < -0.4 is 0 Å². The molecule has 0 atom stereocenters. The molecule has 5 heteroatoms. The summed E-state index contributed by atoms with van der Waals surface area (Å²) in [6, 6.07) is 75.9. The maximum absolute atomic E-state index is 6.55. The first-order valence-electron chi connectivity index (χ1n) is 22.0. The van der Waals surface area contributed by atoms with Crippen molar-refractivity contribution in [2.24, 2.45) is 0 Å². The number of fused-ring (bicyclic) bond motifs is 16. The number of benzene rings is 9. The molecule has 302 valence electrons. The number of pyridine rings is 1. The second-order valence-corrected chi connectivity index (χ2v) is 18.0. The Balaban J connectivity index is 1.04. The van der Waals surface area contributed by atoms with E-state index in [1.54, 1.807) is 0 Å². The largest absolute Gasteiger partial charge is 0.455 e. The molecule has 2 aliphatic rings. The smallest absolute Gasteiger partial charge is 0.160 e. The van der Waals surface area contributed by atoms with Crippen LogP contribution in [0, 0.1) is 0 Å². The monoisotopic (exact) mass is 845 g/mol. The molecule has 0 bridgehead atoms. The highest BCUT2D eigenvalue weighted by molar-refractivity contribution is 7.99. The van der Waals surface area contributed by atoms with Crippen molar-refractivity contribution in [3.63, 3.8) is 0 Å². The van der Waals surface area contributed by atoms with E-state index >= 15 is 0 Å². The molecule has 14 rings (SSSR count). The molecule has 1 spiro atoms. The lowest BCUT2D eigenvalue weighted by Crippen LogP contribution is -2.32. The lowest BCUT2D eigenvalue weighted by molar-refractivity contribution is 0.670. The lowest BCUT2D eigenvalue weighted by atomic mass is 9.67. The molecule has 4 heterocycles. The number of hydrogen-bond acceptors (Lipinski definition) is 5. The molecular formula is C60H35N3OS. The molecule has 0 N–H and O–H groups in total. The van der Waals surface area contributed by atoms with Crippen molar-refractivity contribution in [3.8, 4) is 56.3 Å². The molecule has 1 aliphatic carbocycles. The third kappa shape index (κ3) is 5.24. The van der Waals surface area contributed by atoms with Gasteiger partial charge < -0.3 is 4.42 Å². The number of nitrogens with zero attached hydrogens (tertiary/aromatic N) is 3. The van der Waals surface area contributed by atoms with Crippen LogP contribution in [0.4, 0.5) is 0 Å². The van der Waals surface area contributed by atoms with Crippen LogP contribution in [0.1, 0.15) is 22.3 Å². The van der Waals surface area contributed by atoms with Gasteiger partial charge in [0.05, 0.1) is 28.0 Å². The first-order valence-corrected chi connectivity index (χ1v) is 22.8. The molecule has 0 fully saturated rings. The van der Waals surface area contributed by atoms with Gasteiger partial charge in [0.1, 0.15) is 11.2 Å². The molecule has 65 heavy (non-hydrogen) atoms. The van der Waals surface area contributed by atoms with E-state index in [-0.39, 0.29) is 0 Å². The van der Waals surface area contributed by atoms with Crippen LogP contribution in [0.2, 0.25) is 0 Å². The molecule has 4 nitrogen and oxygen atoms in total. The molecule has 0 saturated heterocycles. The van der Waals surface area contributed by atoms with Gasteiger partial charge in [0, 0.05) is 59.0 Å². The van der Waals surface area contributed by atoms with Crippen LogP contribution in [0.15, 0.2) is 227 Å². The van der Waals surface area contributed by atoms with Gasteiger partial charge in [-0.3, -0.25) is 0 Å². The highest BCUT2D eigenvalue weighted by Crippen LogP contribution is 2.63. The molecule has 1 aliphatic heterocycles. The van der Waals surface area contributed by atoms with Crippen molar-refractivity contribution < 1.29 is 4.42 Å². The van der Waals surface area contributed by atoms with Crippen LogP contribution in [-0.4, -0.2) is 15.0 Å². The summed E-state index contributed by atoms with van der Waals surface area (Å²) in [4.78, 5) is 18.6. The second kappa shape index (κ2) is 13.9. The van der Waals surface area contributed by atoms with Gasteiger partial charge in [0.15, 0.2) is 5.82 Å². The average Bonchev–Trinajstić information content (AvgIpc) is 3.90. The van der Waals surface area contributed by atoms with Crippen molar-refractivity contribution in [3.05, 3.63) is 235 Å². The Hall–Kier alpha value is -8.12. The van der Waals surface area contributed by atoms with Crippen LogP contribution in [0.25, 0.3) is 99.9 Å². The zero-order chi connectivity index (χ0) is 42.6. The fraction of sp³-hybridized carbons (Fsp3) is 0.0167. The Kier molecular flexibility index (Phi) is 7.80. The standard InChI is InChI=1S/C60H35N3OS/c1-3-16-36(17-4-1)56-45-32-33-49-58(65-54-29-14-12-27-48(54)60(49)46-25-10-7-20-39(46)40-21-8-11-26-47(40)60)55(45)43-31-30-38(34-51(43)61-56)50-35-52(63-59(62-50)37-18-5-2-6-19-37)44-24-15-23-42-41-22-9-13-28-53(41)64-57(42)44/h1-35H. The van der Waals surface area contributed by atoms with Crippen LogP contribution in [0.5, 0.6) is 0 Å². The zero-order valence-corrected chi connectivity index (χ0v) is 35.7. The molecule has 0 unspecified atom stereocenters. The maximum atomic E-state index is 6.55. The summed E-state index contributed by atoms with van der Waals surface area (Å²) in [6.07, 6.45) is 0. The molecule has 0 amide bonds. The number of aromatic nitrogens is 3. The minimum Gasteiger partial charge on any atom is -0.455 e. The van der Waals surface area contributed by atoms with E-state index in [0.29, 0.717) is 5.82 Å². The fourth-order valence-corrected chi connectivity index (χ4v) is 12.1. The number of furan rings is 1. The first kappa shape index (κ1) is 36.4. The van der Waals surface area contributed by atoms with E-state index in [1.165, 1.54) is 48.6 Å². The Labute approximate surface area is 378 Å². The van der Waals surface area contributed by atoms with Crippen LogP contribution >= 0.6 is 11.8 Å². The van der Waals surface area contributed by atoms with Gasteiger partial charge in [0.2, 0.25) is 0 Å². The van der Waals surface area contributed by atoms with Gasteiger partial charge in [-0.2, -0.15) is 0 Å². The Bertz CT molecular complexity index is 3890. The van der Waals surface area contributed by atoms with Gasteiger partial charge in [-0.1, -0.05) is 194 Å². The Morgan fingerprint density at radius 3 is 1.83 bits per heavy atom. The van der Waals surface area contributed by atoms with E-state index in [1.807, 2.05) is 42.1 Å². The molecular weight excluding hydrogens is 811 g/mol. The van der Waals surface area contributed by atoms with E-state index in [2.05, 4.69) is 182 Å². The molecule has 0 radical (unpaired) electrons. The van der Waals surface area contributed by atoms with Gasteiger partial charge in [-0.15, -0.1) is 0 Å². The Morgan fingerprint density at radius 2 is 1.03 bits per heavy atom. The predicted molar refractivity (Wildman–Crippen MR) is 265 cm³/mol. The van der Waals surface area contributed by atoms with E-state index < -0.39 is 5.41 Å². The number of para-hydroxylation sites is 2. The Morgan fingerprint density at radius 1 is 0.400 bits per heavy atom. The quantitative estimate of drug-likeness (QED) is 0.165. The summed E-state index contributed by atoms with van der Waals surface area (Å²) in [6.45, 7) is 0. The molecule has 9 aromatic carbocycles. The normalized spacial score (nSPS) is 13.3. The summed E-state index contributed by atoms with van der Waals surface area (Å²) >= 11 is 1.89. The van der Waals surface area contributed by atoms with Crippen molar-refractivity contribution in [1.82, 2.24) is 15.0 Å². The van der Waals surface area contributed by atoms with Crippen molar-refractivity contribution in [2.45, 2.75) is 15.2 Å². The van der Waals surface area contributed by atoms with E-state index in [0.717, 1.165) is 77.6 Å². The summed E-state index contributed by atoms with van der Waals surface area (Å²) in [5.74, 6) is 0.648.